The fraction of sp³-hybridized carbons (Fsp3) is 0.357. The first-order valence-electron chi connectivity index (χ1n) is 5.88. The summed E-state index contributed by atoms with van der Waals surface area (Å²) in [4.78, 5) is 13.1. The molecule has 1 saturated carbocycles. The Labute approximate surface area is 103 Å². The largest absolute Gasteiger partial charge is 0.465 e. The van der Waals surface area contributed by atoms with Crippen LogP contribution < -0.4 is 0 Å². The van der Waals surface area contributed by atoms with E-state index in [4.69, 9.17) is 4.74 Å². The molecule has 2 aromatic rings. The Bertz CT molecular complexity index is 643. The van der Waals surface area contributed by atoms with E-state index in [9.17, 15) is 4.79 Å². The molecule has 2 aliphatic rings. The number of thiophene rings is 1. The number of hydrogen-bond donors (Lipinski definition) is 0. The summed E-state index contributed by atoms with van der Waals surface area (Å²) in [6, 6.07) is 8.63. The molecule has 0 bridgehead atoms. The van der Waals surface area contributed by atoms with Gasteiger partial charge in [-0.05, 0) is 30.9 Å². The zero-order valence-corrected chi connectivity index (χ0v) is 10.3. The zero-order valence-electron chi connectivity index (χ0n) is 9.53. The van der Waals surface area contributed by atoms with Gasteiger partial charge in [0.25, 0.3) is 0 Å². The van der Waals surface area contributed by atoms with Crippen molar-refractivity contribution in [3.8, 4) is 0 Å². The summed E-state index contributed by atoms with van der Waals surface area (Å²) in [6.07, 6.45) is 0.984. The number of rotatable bonds is 1. The first-order valence-corrected chi connectivity index (χ1v) is 6.70. The van der Waals surface area contributed by atoms with Crippen LogP contribution in [0, 0.1) is 12.8 Å². The van der Waals surface area contributed by atoms with E-state index in [2.05, 4.69) is 31.2 Å². The number of benzene rings is 1. The SMILES string of the molecule is Cc1ccc2sc(C34CC3COC4=O)cc2c1. The predicted octanol–water partition coefficient (Wildman–Crippen LogP) is 3.02. The fourth-order valence-corrected chi connectivity index (χ4v) is 4.18. The van der Waals surface area contributed by atoms with Crippen molar-refractivity contribution in [2.24, 2.45) is 5.92 Å². The predicted molar refractivity (Wildman–Crippen MR) is 67.3 cm³/mol. The third-order valence-corrected chi connectivity index (χ3v) is 5.29. The van der Waals surface area contributed by atoms with Crippen LogP contribution >= 0.6 is 11.3 Å². The Balaban J connectivity index is 1.90. The minimum absolute atomic E-state index is 0.00854. The Morgan fingerprint density at radius 2 is 2.29 bits per heavy atom. The van der Waals surface area contributed by atoms with Crippen molar-refractivity contribution in [2.75, 3.05) is 6.61 Å². The molecule has 0 radical (unpaired) electrons. The summed E-state index contributed by atoms with van der Waals surface area (Å²) in [5, 5.41) is 1.25. The number of aryl methyl sites for hydroxylation is 1. The molecular formula is C14H12O2S. The van der Waals surface area contributed by atoms with E-state index in [1.807, 2.05) is 0 Å². The Hall–Kier alpha value is -1.35. The zero-order chi connectivity index (χ0) is 11.6. The van der Waals surface area contributed by atoms with Gasteiger partial charge < -0.3 is 4.74 Å². The van der Waals surface area contributed by atoms with Gasteiger partial charge in [-0.1, -0.05) is 17.7 Å². The van der Waals surface area contributed by atoms with Crippen LogP contribution in [0.2, 0.25) is 0 Å². The lowest BCUT2D eigenvalue weighted by atomic mass is 10.0. The van der Waals surface area contributed by atoms with Gasteiger partial charge in [0.05, 0.1) is 6.61 Å². The van der Waals surface area contributed by atoms with Crippen molar-refractivity contribution in [1.29, 1.82) is 0 Å². The van der Waals surface area contributed by atoms with Gasteiger partial charge in [-0.25, -0.2) is 0 Å². The second-order valence-corrected chi connectivity index (χ2v) is 6.21. The number of carbonyl (C=O) groups excluding carboxylic acids is 1. The summed E-state index contributed by atoms with van der Waals surface area (Å²) in [7, 11) is 0. The highest BCUT2D eigenvalue weighted by Gasteiger charge is 2.67. The van der Waals surface area contributed by atoms with Crippen LogP contribution in [0.15, 0.2) is 24.3 Å². The van der Waals surface area contributed by atoms with Gasteiger partial charge in [0.2, 0.25) is 0 Å². The van der Waals surface area contributed by atoms with Gasteiger partial charge in [0.15, 0.2) is 0 Å². The van der Waals surface area contributed by atoms with Crippen LogP contribution in [0.1, 0.15) is 16.9 Å². The Morgan fingerprint density at radius 1 is 1.41 bits per heavy atom. The minimum atomic E-state index is -0.266. The summed E-state index contributed by atoms with van der Waals surface area (Å²) in [5.41, 5.74) is 0.998. The van der Waals surface area contributed by atoms with Gasteiger partial charge in [0, 0.05) is 15.5 Å². The number of hydrogen-bond acceptors (Lipinski definition) is 3. The smallest absolute Gasteiger partial charge is 0.317 e. The normalized spacial score (nSPS) is 30.4. The van der Waals surface area contributed by atoms with E-state index < -0.39 is 0 Å². The van der Waals surface area contributed by atoms with E-state index >= 15 is 0 Å². The topological polar surface area (TPSA) is 26.3 Å². The van der Waals surface area contributed by atoms with Gasteiger partial charge >= 0.3 is 5.97 Å². The molecule has 1 aromatic carbocycles. The van der Waals surface area contributed by atoms with Crippen LogP contribution in [-0.2, 0) is 14.9 Å². The molecule has 17 heavy (non-hydrogen) atoms. The van der Waals surface area contributed by atoms with Crippen LogP contribution in [0.5, 0.6) is 0 Å². The quantitative estimate of drug-likeness (QED) is 0.721. The first kappa shape index (κ1) is 9.66. The second-order valence-electron chi connectivity index (χ2n) is 5.12. The number of ether oxygens (including phenoxy) is 1. The highest BCUT2D eigenvalue weighted by atomic mass is 32.1. The third kappa shape index (κ3) is 1.12. The maximum Gasteiger partial charge on any atom is 0.317 e. The third-order valence-electron chi connectivity index (χ3n) is 4.00. The molecule has 2 nitrogen and oxygen atoms in total. The molecule has 2 heterocycles. The van der Waals surface area contributed by atoms with Gasteiger partial charge in [0.1, 0.15) is 5.41 Å². The van der Waals surface area contributed by atoms with Gasteiger partial charge in [-0.3, -0.25) is 4.79 Å². The van der Waals surface area contributed by atoms with Crippen LogP contribution in [0.3, 0.4) is 0 Å². The van der Waals surface area contributed by atoms with E-state index in [1.54, 1.807) is 11.3 Å². The molecule has 4 rings (SSSR count). The molecule has 2 fully saturated rings. The lowest BCUT2D eigenvalue weighted by Gasteiger charge is -2.04. The first-order chi connectivity index (χ1) is 8.20. The molecule has 1 saturated heterocycles. The second kappa shape index (κ2) is 2.91. The minimum Gasteiger partial charge on any atom is -0.465 e. The summed E-state index contributed by atoms with van der Waals surface area (Å²) < 4.78 is 6.43. The van der Waals surface area contributed by atoms with Crippen molar-refractivity contribution in [2.45, 2.75) is 18.8 Å². The number of fused-ring (bicyclic) bond motifs is 2. The van der Waals surface area contributed by atoms with Crippen LogP contribution in [0.25, 0.3) is 10.1 Å². The number of esters is 1. The Morgan fingerprint density at radius 3 is 3.00 bits per heavy atom. The monoisotopic (exact) mass is 244 g/mol. The van der Waals surface area contributed by atoms with Crippen molar-refractivity contribution in [1.82, 2.24) is 0 Å². The van der Waals surface area contributed by atoms with Crippen molar-refractivity contribution >= 4 is 27.4 Å². The molecule has 2 unspecified atom stereocenters. The van der Waals surface area contributed by atoms with E-state index in [0.29, 0.717) is 12.5 Å². The molecule has 0 amide bonds. The fourth-order valence-electron chi connectivity index (χ4n) is 2.87. The van der Waals surface area contributed by atoms with Gasteiger partial charge in [-0.2, -0.15) is 0 Å². The van der Waals surface area contributed by atoms with E-state index in [1.165, 1.54) is 20.5 Å². The molecule has 86 valence electrons. The van der Waals surface area contributed by atoms with E-state index in [0.717, 1.165) is 6.42 Å². The average molecular weight is 244 g/mol. The van der Waals surface area contributed by atoms with Crippen molar-refractivity contribution in [3.05, 3.63) is 34.7 Å². The standard InChI is InChI=1S/C14H12O2S/c1-8-2-3-11-9(4-8)5-12(17-11)14-6-10(14)7-16-13(14)15/h2-5,10H,6-7H2,1H3. The highest BCUT2D eigenvalue weighted by Crippen LogP contribution is 2.60. The number of cyclic esters (lactones) is 1. The summed E-state index contributed by atoms with van der Waals surface area (Å²) >= 11 is 1.75. The molecule has 1 aliphatic heterocycles. The van der Waals surface area contributed by atoms with Crippen LogP contribution in [0.4, 0.5) is 0 Å². The molecule has 2 atom stereocenters. The molecule has 1 aliphatic carbocycles. The lowest BCUT2D eigenvalue weighted by Crippen LogP contribution is -2.16. The average Bonchev–Trinajstić information content (AvgIpc) is 2.76. The molecule has 1 aromatic heterocycles. The van der Waals surface area contributed by atoms with Gasteiger partial charge in [-0.15, -0.1) is 11.3 Å². The molecule has 3 heteroatoms. The number of carbonyl (C=O) groups is 1. The molecular weight excluding hydrogens is 232 g/mol. The highest BCUT2D eigenvalue weighted by molar-refractivity contribution is 7.19. The van der Waals surface area contributed by atoms with Crippen molar-refractivity contribution in [3.63, 3.8) is 0 Å². The van der Waals surface area contributed by atoms with E-state index in [-0.39, 0.29) is 11.4 Å². The summed E-state index contributed by atoms with van der Waals surface area (Å²) in [6.45, 7) is 2.71. The lowest BCUT2D eigenvalue weighted by molar-refractivity contribution is -0.142. The maximum atomic E-state index is 11.9. The van der Waals surface area contributed by atoms with Crippen LogP contribution in [-0.4, -0.2) is 12.6 Å². The maximum absolute atomic E-state index is 11.9. The van der Waals surface area contributed by atoms with Crippen molar-refractivity contribution < 1.29 is 9.53 Å². The molecule has 0 spiro atoms. The molecule has 0 N–H and O–H groups in total. The summed E-state index contributed by atoms with van der Waals surface area (Å²) in [5.74, 6) is 0.426. The Kier molecular flexibility index (Phi) is 1.65.